The Hall–Kier alpha value is -2.58. The van der Waals surface area contributed by atoms with Crippen LogP contribution >= 0.6 is 0 Å². The van der Waals surface area contributed by atoms with Crippen molar-refractivity contribution >= 4 is 5.96 Å². The number of hydrogen-bond acceptors (Lipinski definition) is 5. The zero-order valence-corrected chi connectivity index (χ0v) is 17.1. The van der Waals surface area contributed by atoms with E-state index in [1.807, 2.05) is 4.57 Å². The molecule has 2 aromatic rings. The molecule has 3 heterocycles. The summed E-state index contributed by atoms with van der Waals surface area (Å²) in [5.41, 5.74) is 2.12. The summed E-state index contributed by atoms with van der Waals surface area (Å²) in [6.07, 6.45) is 5.54. The lowest BCUT2D eigenvalue weighted by molar-refractivity contribution is 0.380. The van der Waals surface area contributed by atoms with Crippen molar-refractivity contribution in [2.45, 2.75) is 72.0 Å². The molecule has 0 aromatic carbocycles. The van der Waals surface area contributed by atoms with Crippen LogP contribution in [-0.4, -0.2) is 39.1 Å². The second kappa shape index (κ2) is 9.57. The molecule has 0 spiro atoms. The van der Waals surface area contributed by atoms with Gasteiger partial charge in [0.25, 0.3) is 0 Å². The van der Waals surface area contributed by atoms with E-state index in [4.69, 9.17) is 4.52 Å². The lowest BCUT2D eigenvalue weighted by atomic mass is 10.1. The predicted molar refractivity (Wildman–Crippen MR) is 108 cm³/mol. The van der Waals surface area contributed by atoms with Crippen LogP contribution in [0.2, 0.25) is 0 Å². The molecule has 28 heavy (non-hydrogen) atoms. The standard InChI is InChI=1S/C19H31N7O2/c1-4-15-14(16(5-2)28-24-15)13-22-18(20-3)21-10-8-12-26-19(27)25-11-7-6-9-17(25)23-26/h4-13H2,1-3H3,(H2,20,21,22). The van der Waals surface area contributed by atoms with E-state index in [0.717, 1.165) is 73.9 Å². The minimum atomic E-state index is 0.0175. The molecule has 1 aliphatic rings. The maximum absolute atomic E-state index is 12.3. The molecular formula is C19H31N7O2. The van der Waals surface area contributed by atoms with Gasteiger partial charge in [0.15, 0.2) is 5.96 Å². The Bertz CT molecular complexity index is 841. The molecule has 154 valence electrons. The van der Waals surface area contributed by atoms with Gasteiger partial charge in [-0.15, -0.1) is 0 Å². The van der Waals surface area contributed by atoms with Gasteiger partial charge in [-0.3, -0.25) is 9.56 Å². The van der Waals surface area contributed by atoms with Crippen LogP contribution < -0.4 is 16.3 Å². The number of nitrogens with one attached hydrogen (secondary N) is 2. The number of guanidine groups is 1. The molecule has 0 radical (unpaired) electrons. The Morgan fingerprint density at radius 3 is 2.82 bits per heavy atom. The first-order chi connectivity index (χ1) is 13.7. The van der Waals surface area contributed by atoms with Crippen molar-refractivity contribution in [1.29, 1.82) is 0 Å². The summed E-state index contributed by atoms with van der Waals surface area (Å²) in [6, 6.07) is 0. The third-order valence-electron chi connectivity index (χ3n) is 5.13. The quantitative estimate of drug-likeness (QED) is 0.400. The minimum absolute atomic E-state index is 0.0175. The summed E-state index contributed by atoms with van der Waals surface area (Å²) in [7, 11) is 1.75. The zero-order valence-electron chi connectivity index (χ0n) is 17.1. The van der Waals surface area contributed by atoms with Crippen LogP contribution in [0.1, 0.15) is 56.0 Å². The number of aliphatic imine (C=N–C) groups is 1. The van der Waals surface area contributed by atoms with Gasteiger partial charge in [-0.2, -0.15) is 5.10 Å². The monoisotopic (exact) mass is 389 g/mol. The Labute approximate surface area is 165 Å². The van der Waals surface area contributed by atoms with Crippen molar-refractivity contribution in [3.63, 3.8) is 0 Å². The number of aryl methyl sites for hydroxylation is 4. The molecule has 0 bridgehead atoms. The fraction of sp³-hybridized carbons (Fsp3) is 0.684. The first-order valence-electron chi connectivity index (χ1n) is 10.2. The number of hydrogen-bond donors (Lipinski definition) is 2. The maximum Gasteiger partial charge on any atom is 0.345 e. The molecule has 9 heteroatoms. The molecule has 0 amide bonds. The topological polar surface area (TPSA) is 102 Å². The van der Waals surface area contributed by atoms with E-state index in [2.05, 4.69) is 39.7 Å². The van der Waals surface area contributed by atoms with E-state index in [1.165, 1.54) is 0 Å². The average Bonchev–Trinajstić information content (AvgIpc) is 3.28. The highest BCUT2D eigenvalue weighted by molar-refractivity contribution is 5.79. The van der Waals surface area contributed by atoms with Crippen LogP contribution in [0, 0.1) is 0 Å². The Morgan fingerprint density at radius 2 is 2.11 bits per heavy atom. The third kappa shape index (κ3) is 4.45. The number of fused-ring (bicyclic) bond motifs is 1. The van der Waals surface area contributed by atoms with E-state index in [0.29, 0.717) is 19.6 Å². The molecule has 9 nitrogen and oxygen atoms in total. The van der Waals surface area contributed by atoms with Crippen LogP contribution in [0.3, 0.4) is 0 Å². The molecule has 2 N–H and O–H groups in total. The third-order valence-corrected chi connectivity index (χ3v) is 5.13. The molecule has 0 unspecified atom stereocenters. The Balaban J connectivity index is 1.47. The largest absolute Gasteiger partial charge is 0.361 e. The number of rotatable bonds is 8. The van der Waals surface area contributed by atoms with Crippen molar-refractivity contribution in [3.05, 3.63) is 33.3 Å². The van der Waals surface area contributed by atoms with Crippen molar-refractivity contribution in [2.24, 2.45) is 4.99 Å². The van der Waals surface area contributed by atoms with Gasteiger partial charge < -0.3 is 15.2 Å². The maximum atomic E-state index is 12.3. The Kier molecular flexibility index (Phi) is 6.89. The highest BCUT2D eigenvalue weighted by Gasteiger charge is 2.16. The normalized spacial score (nSPS) is 14.2. The van der Waals surface area contributed by atoms with E-state index >= 15 is 0 Å². The van der Waals surface area contributed by atoms with Gasteiger partial charge in [-0.1, -0.05) is 19.0 Å². The van der Waals surface area contributed by atoms with Crippen LogP contribution in [0.4, 0.5) is 0 Å². The lowest BCUT2D eigenvalue weighted by Crippen LogP contribution is -2.38. The van der Waals surface area contributed by atoms with E-state index < -0.39 is 0 Å². The number of aromatic nitrogens is 4. The van der Waals surface area contributed by atoms with Crippen molar-refractivity contribution in [2.75, 3.05) is 13.6 Å². The molecule has 0 aliphatic carbocycles. The molecule has 1 aliphatic heterocycles. The molecule has 0 atom stereocenters. The van der Waals surface area contributed by atoms with E-state index in [-0.39, 0.29) is 5.69 Å². The van der Waals surface area contributed by atoms with Gasteiger partial charge in [0.1, 0.15) is 11.6 Å². The lowest BCUT2D eigenvalue weighted by Gasteiger charge is -2.12. The van der Waals surface area contributed by atoms with Crippen LogP contribution in [-0.2, 0) is 38.9 Å². The van der Waals surface area contributed by atoms with E-state index in [1.54, 1.807) is 11.7 Å². The van der Waals surface area contributed by atoms with Crippen molar-refractivity contribution < 1.29 is 4.52 Å². The number of nitrogens with zero attached hydrogens (tertiary/aromatic N) is 5. The van der Waals surface area contributed by atoms with Crippen molar-refractivity contribution in [1.82, 2.24) is 30.1 Å². The summed E-state index contributed by atoms with van der Waals surface area (Å²) < 4.78 is 8.81. The van der Waals surface area contributed by atoms with Gasteiger partial charge in [0.2, 0.25) is 0 Å². The summed E-state index contributed by atoms with van der Waals surface area (Å²) in [6.45, 7) is 6.87. The first kappa shape index (κ1) is 20.2. The highest BCUT2D eigenvalue weighted by Crippen LogP contribution is 2.15. The summed E-state index contributed by atoms with van der Waals surface area (Å²) in [5.74, 6) is 2.57. The predicted octanol–water partition coefficient (Wildman–Crippen LogP) is 1.25. The van der Waals surface area contributed by atoms with Crippen molar-refractivity contribution in [3.8, 4) is 0 Å². The smallest absolute Gasteiger partial charge is 0.345 e. The SMILES string of the molecule is CCc1noc(CC)c1CNC(=NC)NCCCn1nc2n(c1=O)CCCC2. The molecule has 0 fully saturated rings. The van der Waals surface area contributed by atoms with Gasteiger partial charge >= 0.3 is 5.69 Å². The van der Waals surface area contributed by atoms with Crippen LogP contribution in [0.25, 0.3) is 0 Å². The minimum Gasteiger partial charge on any atom is -0.361 e. The van der Waals surface area contributed by atoms with Gasteiger partial charge in [-0.05, 0) is 25.7 Å². The molecular weight excluding hydrogens is 358 g/mol. The average molecular weight is 390 g/mol. The summed E-state index contributed by atoms with van der Waals surface area (Å²) in [5, 5.41) is 15.2. The summed E-state index contributed by atoms with van der Waals surface area (Å²) >= 11 is 0. The molecule has 3 rings (SSSR count). The Morgan fingerprint density at radius 1 is 1.25 bits per heavy atom. The second-order valence-corrected chi connectivity index (χ2v) is 6.97. The van der Waals surface area contributed by atoms with Crippen LogP contribution in [0.5, 0.6) is 0 Å². The van der Waals surface area contributed by atoms with Gasteiger partial charge in [0, 0.05) is 51.6 Å². The fourth-order valence-electron chi connectivity index (χ4n) is 3.56. The molecule has 2 aromatic heterocycles. The van der Waals surface area contributed by atoms with Gasteiger partial charge in [0.05, 0.1) is 5.69 Å². The van der Waals surface area contributed by atoms with Crippen LogP contribution in [0.15, 0.2) is 14.3 Å². The second-order valence-electron chi connectivity index (χ2n) is 6.97. The summed E-state index contributed by atoms with van der Waals surface area (Å²) in [4.78, 5) is 16.6. The zero-order chi connectivity index (χ0) is 19.9. The molecule has 0 saturated heterocycles. The highest BCUT2D eigenvalue weighted by atomic mass is 16.5. The van der Waals surface area contributed by atoms with Gasteiger partial charge in [-0.25, -0.2) is 9.48 Å². The first-order valence-corrected chi connectivity index (χ1v) is 10.2. The fourth-order valence-corrected chi connectivity index (χ4v) is 3.56. The van der Waals surface area contributed by atoms with E-state index in [9.17, 15) is 4.79 Å². The molecule has 0 saturated carbocycles.